The van der Waals surface area contributed by atoms with E-state index in [0.717, 1.165) is 11.8 Å². The van der Waals surface area contributed by atoms with E-state index in [4.69, 9.17) is 14.6 Å². The molecule has 11 heteroatoms. The zero-order valence-electron chi connectivity index (χ0n) is 15.8. The standard InChI is InChI=1S/C19H17N5O5S/c1-2-28-12-7-5-11(6-8-12)21-14(25)10-30-19-23-16(20)15(18(27)24-19)22-17(26)13-4-3-9-29-13/h3-9H,2,10H2,1H3,(H,21,25)(H2,20,23,24,27). The number of aliphatic imine (C=N–C) groups is 2. The lowest BCUT2D eigenvalue weighted by molar-refractivity contribution is -0.114. The lowest BCUT2D eigenvalue weighted by Crippen LogP contribution is -2.43. The molecule has 0 spiro atoms. The maximum absolute atomic E-state index is 12.2. The van der Waals surface area contributed by atoms with Gasteiger partial charge in [-0.15, -0.1) is 0 Å². The summed E-state index contributed by atoms with van der Waals surface area (Å²) in [5.41, 5.74) is 0.164. The van der Waals surface area contributed by atoms with Crippen molar-refractivity contribution in [2.24, 2.45) is 9.98 Å². The van der Waals surface area contributed by atoms with Gasteiger partial charge in [0.2, 0.25) is 5.91 Å². The normalized spacial score (nSPS) is 14.8. The number of rotatable bonds is 6. The number of thioether (sulfide) groups is 1. The molecule has 3 amide bonds. The molecule has 2 heterocycles. The summed E-state index contributed by atoms with van der Waals surface area (Å²) in [5.74, 6) is -1.76. The van der Waals surface area contributed by atoms with Gasteiger partial charge in [-0.1, -0.05) is 11.8 Å². The molecule has 154 valence electrons. The first-order valence-corrected chi connectivity index (χ1v) is 9.76. The van der Waals surface area contributed by atoms with Crippen molar-refractivity contribution in [1.82, 2.24) is 5.32 Å². The molecule has 3 rings (SSSR count). The third-order valence-corrected chi connectivity index (χ3v) is 4.48. The number of furan rings is 1. The van der Waals surface area contributed by atoms with Gasteiger partial charge in [-0.25, -0.2) is 4.99 Å². The zero-order chi connectivity index (χ0) is 21.5. The molecule has 10 nitrogen and oxygen atoms in total. The summed E-state index contributed by atoms with van der Waals surface area (Å²) in [6.45, 7) is 2.43. The van der Waals surface area contributed by atoms with Gasteiger partial charge >= 0.3 is 5.91 Å². The third-order valence-electron chi connectivity index (χ3n) is 3.61. The van der Waals surface area contributed by atoms with E-state index in [1.54, 1.807) is 24.3 Å². The molecule has 1 aromatic heterocycles. The third kappa shape index (κ3) is 5.41. The van der Waals surface area contributed by atoms with Crippen molar-refractivity contribution in [2.75, 3.05) is 17.7 Å². The number of anilines is 1. The van der Waals surface area contributed by atoms with Crippen LogP contribution in [0.5, 0.6) is 5.75 Å². The Morgan fingerprint density at radius 3 is 2.70 bits per heavy atom. The van der Waals surface area contributed by atoms with Crippen molar-refractivity contribution in [2.45, 2.75) is 6.92 Å². The van der Waals surface area contributed by atoms with Crippen molar-refractivity contribution in [3.05, 3.63) is 48.4 Å². The highest BCUT2D eigenvalue weighted by Crippen LogP contribution is 2.16. The second kappa shape index (κ2) is 9.65. The molecule has 30 heavy (non-hydrogen) atoms. The number of hydrogen-bond donors (Lipinski definition) is 3. The van der Waals surface area contributed by atoms with Crippen LogP contribution in [-0.2, 0) is 9.59 Å². The number of ether oxygens (including phenoxy) is 1. The fourth-order valence-corrected chi connectivity index (χ4v) is 2.97. The van der Waals surface area contributed by atoms with Gasteiger partial charge in [-0.2, -0.15) is 4.99 Å². The Balaban J connectivity index is 1.56. The Bertz CT molecular complexity index is 1030. The van der Waals surface area contributed by atoms with Crippen LogP contribution >= 0.6 is 11.8 Å². The summed E-state index contributed by atoms with van der Waals surface area (Å²) in [6, 6.07) is 9.80. The summed E-state index contributed by atoms with van der Waals surface area (Å²) >= 11 is 0.944. The predicted octanol–water partition coefficient (Wildman–Crippen LogP) is 2.09. The Morgan fingerprint density at radius 1 is 1.30 bits per heavy atom. The number of amidine groups is 2. The number of hydrogen-bond acceptors (Lipinski definition) is 7. The van der Waals surface area contributed by atoms with Crippen molar-refractivity contribution in [3.8, 4) is 5.75 Å². The summed E-state index contributed by atoms with van der Waals surface area (Å²) < 4.78 is 10.2. The average molecular weight is 427 g/mol. The van der Waals surface area contributed by atoms with Crippen LogP contribution in [0, 0.1) is 5.41 Å². The minimum atomic E-state index is -0.795. The summed E-state index contributed by atoms with van der Waals surface area (Å²) in [6.07, 6.45) is 1.30. The topological polar surface area (TPSA) is 146 Å². The van der Waals surface area contributed by atoms with Crippen LogP contribution in [0.2, 0.25) is 0 Å². The zero-order valence-corrected chi connectivity index (χ0v) is 16.6. The van der Waals surface area contributed by atoms with Crippen LogP contribution in [0.3, 0.4) is 0 Å². The molecule has 0 atom stereocenters. The van der Waals surface area contributed by atoms with Gasteiger partial charge in [-0.3, -0.25) is 25.1 Å². The van der Waals surface area contributed by atoms with E-state index in [0.29, 0.717) is 18.0 Å². The van der Waals surface area contributed by atoms with E-state index in [2.05, 4.69) is 20.6 Å². The largest absolute Gasteiger partial charge is 0.494 e. The fraction of sp³-hybridized carbons (Fsp3) is 0.158. The molecule has 1 aliphatic rings. The number of benzene rings is 1. The quantitative estimate of drug-likeness (QED) is 0.643. The second-order valence-electron chi connectivity index (χ2n) is 5.76. The first-order valence-electron chi connectivity index (χ1n) is 8.77. The van der Waals surface area contributed by atoms with Gasteiger partial charge in [0, 0.05) is 5.69 Å². The maximum Gasteiger partial charge on any atom is 0.313 e. The highest BCUT2D eigenvalue weighted by molar-refractivity contribution is 8.14. The van der Waals surface area contributed by atoms with Gasteiger partial charge in [0.1, 0.15) is 5.75 Å². The first kappa shape index (κ1) is 21.0. The SMILES string of the molecule is CCOc1ccc(NC(=O)CSC2=NC(=N)C(=NC(=O)c3ccco3)C(=O)N2)cc1. The van der Waals surface area contributed by atoms with E-state index < -0.39 is 23.4 Å². The van der Waals surface area contributed by atoms with Crippen molar-refractivity contribution < 1.29 is 23.5 Å². The Hall–Kier alpha value is -3.73. The maximum atomic E-state index is 12.2. The molecule has 2 aromatic rings. The molecule has 0 bridgehead atoms. The molecule has 0 aliphatic carbocycles. The highest BCUT2D eigenvalue weighted by atomic mass is 32.2. The molecule has 0 radical (unpaired) electrons. The number of nitrogens with one attached hydrogen (secondary N) is 3. The van der Waals surface area contributed by atoms with E-state index in [-0.39, 0.29) is 22.6 Å². The monoisotopic (exact) mass is 427 g/mol. The van der Waals surface area contributed by atoms with Crippen LogP contribution in [-0.4, -0.2) is 46.8 Å². The van der Waals surface area contributed by atoms with Crippen molar-refractivity contribution in [1.29, 1.82) is 5.41 Å². The van der Waals surface area contributed by atoms with Crippen molar-refractivity contribution in [3.63, 3.8) is 0 Å². The highest BCUT2D eigenvalue weighted by Gasteiger charge is 2.26. The van der Waals surface area contributed by atoms with E-state index in [9.17, 15) is 14.4 Å². The predicted molar refractivity (Wildman–Crippen MR) is 112 cm³/mol. The average Bonchev–Trinajstić information content (AvgIpc) is 3.26. The Labute approximate surface area is 175 Å². The molecular weight excluding hydrogens is 410 g/mol. The van der Waals surface area contributed by atoms with Gasteiger partial charge < -0.3 is 14.5 Å². The van der Waals surface area contributed by atoms with Crippen LogP contribution in [0.1, 0.15) is 17.5 Å². The van der Waals surface area contributed by atoms with E-state index >= 15 is 0 Å². The molecular formula is C19H17N5O5S. The summed E-state index contributed by atoms with van der Waals surface area (Å²) in [5, 5.41) is 13.0. The van der Waals surface area contributed by atoms with Gasteiger partial charge in [0.05, 0.1) is 18.6 Å². The molecule has 1 aromatic carbocycles. The Morgan fingerprint density at radius 2 is 2.07 bits per heavy atom. The number of amides is 3. The minimum Gasteiger partial charge on any atom is -0.494 e. The molecule has 0 unspecified atom stereocenters. The second-order valence-corrected chi connectivity index (χ2v) is 6.72. The van der Waals surface area contributed by atoms with Gasteiger partial charge in [0.25, 0.3) is 5.91 Å². The fourth-order valence-electron chi connectivity index (χ4n) is 2.31. The van der Waals surface area contributed by atoms with Crippen LogP contribution in [0.4, 0.5) is 5.69 Å². The minimum absolute atomic E-state index is 0.0442. The van der Waals surface area contributed by atoms with Crippen LogP contribution in [0.15, 0.2) is 57.1 Å². The summed E-state index contributed by atoms with van der Waals surface area (Å²) in [7, 11) is 0. The van der Waals surface area contributed by atoms with E-state index in [1.807, 2.05) is 6.92 Å². The van der Waals surface area contributed by atoms with Crippen LogP contribution in [0.25, 0.3) is 0 Å². The molecule has 3 N–H and O–H groups in total. The van der Waals surface area contributed by atoms with Gasteiger partial charge in [-0.05, 0) is 43.3 Å². The molecule has 0 saturated heterocycles. The smallest absolute Gasteiger partial charge is 0.313 e. The van der Waals surface area contributed by atoms with Gasteiger partial charge in [0.15, 0.2) is 22.5 Å². The lowest BCUT2D eigenvalue weighted by Gasteiger charge is -2.14. The lowest BCUT2D eigenvalue weighted by atomic mass is 10.3. The van der Waals surface area contributed by atoms with E-state index in [1.165, 1.54) is 18.4 Å². The number of nitrogens with zero attached hydrogens (tertiary/aromatic N) is 2. The van der Waals surface area contributed by atoms with Crippen molar-refractivity contribution >= 4 is 51.9 Å². The molecule has 0 fully saturated rings. The number of carbonyl (C=O) groups is 3. The number of carbonyl (C=O) groups excluding carboxylic acids is 3. The first-order chi connectivity index (χ1) is 14.5. The Kier molecular flexibility index (Phi) is 6.75. The molecule has 1 aliphatic heterocycles. The van der Waals surface area contributed by atoms with Crippen LogP contribution < -0.4 is 15.4 Å². The molecule has 0 saturated carbocycles. The summed E-state index contributed by atoms with van der Waals surface area (Å²) in [4.78, 5) is 43.7.